The number of methoxy groups -OCH3 is 2. The van der Waals surface area contributed by atoms with Gasteiger partial charge >= 0.3 is 0 Å². The van der Waals surface area contributed by atoms with E-state index in [-0.39, 0.29) is 18.1 Å². The summed E-state index contributed by atoms with van der Waals surface area (Å²) < 4.78 is 10.4. The molecule has 2 saturated heterocycles. The van der Waals surface area contributed by atoms with E-state index in [4.69, 9.17) is 9.47 Å². The predicted molar refractivity (Wildman–Crippen MR) is 76.7 cm³/mol. The van der Waals surface area contributed by atoms with Crippen molar-refractivity contribution in [3.05, 3.63) is 0 Å². The molecule has 2 rings (SSSR count). The smallest absolute Gasteiger partial charge is 0.239 e. The summed E-state index contributed by atoms with van der Waals surface area (Å²) in [5, 5.41) is 3.27. The van der Waals surface area contributed by atoms with Crippen LogP contribution in [-0.4, -0.2) is 87.9 Å². The Balaban J connectivity index is 1.79. The van der Waals surface area contributed by atoms with Crippen molar-refractivity contribution in [3.8, 4) is 0 Å². The Morgan fingerprint density at radius 2 is 2.10 bits per heavy atom. The van der Waals surface area contributed by atoms with Crippen LogP contribution in [-0.2, 0) is 14.3 Å². The van der Waals surface area contributed by atoms with Crippen LogP contribution >= 0.6 is 0 Å². The Morgan fingerprint density at radius 1 is 1.25 bits per heavy atom. The molecule has 6 nitrogen and oxygen atoms in total. The Morgan fingerprint density at radius 3 is 2.80 bits per heavy atom. The van der Waals surface area contributed by atoms with Crippen LogP contribution in [0.3, 0.4) is 0 Å². The van der Waals surface area contributed by atoms with E-state index >= 15 is 0 Å². The zero-order valence-corrected chi connectivity index (χ0v) is 12.6. The molecule has 116 valence electrons. The summed E-state index contributed by atoms with van der Waals surface area (Å²) >= 11 is 0. The number of amides is 1. The molecular formula is C14H27N3O3. The van der Waals surface area contributed by atoms with Crippen molar-refractivity contribution in [1.29, 1.82) is 0 Å². The van der Waals surface area contributed by atoms with Gasteiger partial charge in [-0.3, -0.25) is 9.69 Å². The number of nitrogens with zero attached hydrogens (tertiary/aromatic N) is 2. The number of rotatable bonds is 5. The van der Waals surface area contributed by atoms with Gasteiger partial charge in [0.2, 0.25) is 5.91 Å². The van der Waals surface area contributed by atoms with Crippen LogP contribution in [0.5, 0.6) is 0 Å². The van der Waals surface area contributed by atoms with Crippen LogP contribution < -0.4 is 5.32 Å². The van der Waals surface area contributed by atoms with Crippen molar-refractivity contribution < 1.29 is 14.3 Å². The summed E-state index contributed by atoms with van der Waals surface area (Å²) in [6.07, 6.45) is 2.00. The second-order valence-electron chi connectivity index (χ2n) is 5.57. The zero-order chi connectivity index (χ0) is 14.4. The first-order chi connectivity index (χ1) is 9.74. The van der Waals surface area contributed by atoms with E-state index in [0.29, 0.717) is 0 Å². The lowest BCUT2D eigenvalue weighted by Gasteiger charge is -2.24. The highest BCUT2D eigenvalue weighted by Gasteiger charge is 2.32. The maximum Gasteiger partial charge on any atom is 0.239 e. The lowest BCUT2D eigenvalue weighted by atomic mass is 10.1. The molecule has 2 atom stereocenters. The molecule has 2 aliphatic rings. The van der Waals surface area contributed by atoms with Gasteiger partial charge in [0, 0.05) is 46.9 Å². The zero-order valence-electron chi connectivity index (χ0n) is 12.6. The van der Waals surface area contributed by atoms with Crippen molar-refractivity contribution in [3.63, 3.8) is 0 Å². The second kappa shape index (κ2) is 7.93. The third kappa shape index (κ3) is 4.15. The van der Waals surface area contributed by atoms with Gasteiger partial charge in [0.1, 0.15) is 0 Å². The minimum absolute atomic E-state index is 0.0644. The normalized spacial score (nSPS) is 28.6. The van der Waals surface area contributed by atoms with Gasteiger partial charge in [-0.25, -0.2) is 0 Å². The molecule has 1 N–H and O–H groups in total. The first kappa shape index (κ1) is 15.7. The van der Waals surface area contributed by atoms with Gasteiger partial charge in [-0.2, -0.15) is 0 Å². The Labute approximate surface area is 121 Å². The largest absolute Gasteiger partial charge is 0.383 e. The summed E-state index contributed by atoms with van der Waals surface area (Å²) in [4.78, 5) is 16.9. The summed E-state index contributed by atoms with van der Waals surface area (Å²) in [5.41, 5.74) is 0. The fourth-order valence-corrected chi connectivity index (χ4v) is 2.93. The van der Waals surface area contributed by atoms with E-state index in [2.05, 4.69) is 10.2 Å². The lowest BCUT2D eigenvalue weighted by Crippen LogP contribution is -2.45. The third-order valence-electron chi connectivity index (χ3n) is 4.23. The fraction of sp³-hybridized carbons (Fsp3) is 0.929. The maximum atomic E-state index is 12.5. The topological polar surface area (TPSA) is 54.0 Å². The van der Waals surface area contributed by atoms with E-state index in [1.54, 1.807) is 14.2 Å². The summed E-state index contributed by atoms with van der Waals surface area (Å²) in [7, 11) is 3.43. The number of hydrogen-bond donors (Lipinski definition) is 1. The van der Waals surface area contributed by atoms with Crippen LogP contribution in [0.1, 0.15) is 12.8 Å². The van der Waals surface area contributed by atoms with E-state index in [1.165, 1.54) is 0 Å². The van der Waals surface area contributed by atoms with Crippen molar-refractivity contribution in [1.82, 2.24) is 15.1 Å². The standard InChI is InChI=1S/C14H27N3O3/c1-19-9-8-16-4-3-5-17(7-6-16)14(18)13-10-12(20-2)11-15-13/h12-13,15H,3-11H2,1-2H3. The van der Waals surface area contributed by atoms with Crippen molar-refractivity contribution >= 4 is 5.91 Å². The molecule has 1 amide bonds. The first-order valence-corrected chi connectivity index (χ1v) is 7.51. The Bertz CT molecular complexity index is 314. The highest BCUT2D eigenvalue weighted by molar-refractivity contribution is 5.82. The van der Waals surface area contributed by atoms with Crippen LogP contribution in [0.4, 0.5) is 0 Å². The fourth-order valence-electron chi connectivity index (χ4n) is 2.93. The second-order valence-corrected chi connectivity index (χ2v) is 5.57. The van der Waals surface area contributed by atoms with Gasteiger partial charge in [-0.15, -0.1) is 0 Å². The molecular weight excluding hydrogens is 258 g/mol. The molecule has 2 unspecified atom stereocenters. The average Bonchev–Trinajstić information content (AvgIpc) is 2.83. The van der Waals surface area contributed by atoms with Crippen LogP contribution in [0.2, 0.25) is 0 Å². The lowest BCUT2D eigenvalue weighted by molar-refractivity contribution is -0.133. The van der Waals surface area contributed by atoms with Gasteiger partial charge in [-0.1, -0.05) is 0 Å². The van der Waals surface area contributed by atoms with Crippen LogP contribution in [0.15, 0.2) is 0 Å². The van der Waals surface area contributed by atoms with Gasteiger partial charge in [0.05, 0.1) is 18.8 Å². The predicted octanol–water partition coefficient (Wildman–Crippen LogP) is -0.456. The van der Waals surface area contributed by atoms with E-state index in [0.717, 1.165) is 58.7 Å². The molecule has 2 aliphatic heterocycles. The molecule has 2 fully saturated rings. The monoisotopic (exact) mass is 285 g/mol. The quantitative estimate of drug-likeness (QED) is 0.741. The summed E-state index contributed by atoms with van der Waals surface area (Å²) in [6.45, 7) is 6.15. The maximum absolute atomic E-state index is 12.5. The van der Waals surface area contributed by atoms with Gasteiger partial charge in [-0.05, 0) is 19.4 Å². The van der Waals surface area contributed by atoms with Crippen LogP contribution in [0.25, 0.3) is 0 Å². The molecule has 0 aliphatic carbocycles. The SMILES string of the molecule is COCCN1CCCN(C(=O)C2CC(OC)CN2)CC1. The molecule has 0 radical (unpaired) electrons. The van der Waals surface area contributed by atoms with Gasteiger partial charge in [0.25, 0.3) is 0 Å². The van der Waals surface area contributed by atoms with Gasteiger partial charge < -0.3 is 19.7 Å². The van der Waals surface area contributed by atoms with Crippen molar-refractivity contribution in [2.24, 2.45) is 0 Å². The van der Waals surface area contributed by atoms with Crippen LogP contribution in [0, 0.1) is 0 Å². The van der Waals surface area contributed by atoms with E-state index < -0.39 is 0 Å². The number of hydrogen-bond acceptors (Lipinski definition) is 5. The minimum atomic E-state index is -0.0644. The van der Waals surface area contributed by atoms with Crippen molar-refractivity contribution in [2.75, 3.05) is 60.1 Å². The summed E-state index contributed by atoms with van der Waals surface area (Å²) in [5.74, 6) is 0.234. The molecule has 0 aromatic heterocycles. The molecule has 0 aromatic carbocycles. The first-order valence-electron chi connectivity index (χ1n) is 7.51. The molecule has 0 spiro atoms. The molecule has 0 saturated carbocycles. The molecule has 6 heteroatoms. The number of ether oxygens (including phenoxy) is 2. The highest BCUT2D eigenvalue weighted by Crippen LogP contribution is 2.13. The minimum Gasteiger partial charge on any atom is -0.383 e. The third-order valence-corrected chi connectivity index (χ3v) is 4.23. The molecule has 0 bridgehead atoms. The van der Waals surface area contributed by atoms with E-state index in [9.17, 15) is 4.79 Å². The van der Waals surface area contributed by atoms with Crippen molar-refractivity contribution in [2.45, 2.75) is 25.0 Å². The molecule has 2 heterocycles. The van der Waals surface area contributed by atoms with Gasteiger partial charge in [0.15, 0.2) is 0 Å². The number of carbonyl (C=O) groups excluding carboxylic acids is 1. The average molecular weight is 285 g/mol. The number of carbonyl (C=O) groups is 1. The Kier molecular flexibility index (Phi) is 6.22. The highest BCUT2D eigenvalue weighted by atomic mass is 16.5. The molecule has 0 aromatic rings. The Hall–Kier alpha value is -0.690. The van der Waals surface area contributed by atoms with E-state index in [1.807, 2.05) is 4.90 Å². The number of nitrogens with one attached hydrogen (secondary N) is 1. The summed E-state index contributed by atoms with van der Waals surface area (Å²) in [6, 6.07) is -0.0644. The molecule has 20 heavy (non-hydrogen) atoms.